The maximum absolute atomic E-state index is 13.5. The molecule has 3 amide bonds. The molecule has 39 heavy (non-hydrogen) atoms. The molecule has 0 spiro atoms. The molecule has 0 bridgehead atoms. The zero-order valence-corrected chi connectivity index (χ0v) is 22.5. The van der Waals surface area contributed by atoms with E-state index >= 15 is 0 Å². The van der Waals surface area contributed by atoms with Gasteiger partial charge in [-0.2, -0.15) is 13.2 Å². The number of amides is 3. The van der Waals surface area contributed by atoms with Crippen molar-refractivity contribution in [2.24, 2.45) is 5.92 Å². The number of imide groups is 1. The van der Waals surface area contributed by atoms with Crippen molar-refractivity contribution in [3.63, 3.8) is 0 Å². The van der Waals surface area contributed by atoms with E-state index in [1.165, 1.54) is 23.8 Å². The van der Waals surface area contributed by atoms with Crippen LogP contribution < -0.4 is 19.8 Å². The Kier molecular flexibility index (Phi) is 6.62. The number of alkyl halides is 3. The maximum Gasteiger partial charge on any atom is 0.416 e. The summed E-state index contributed by atoms with van der Waals surface area (Å²) >= 11 is 1.95. The normalized spacial score (nSPS) is 20.0. The molecular weight excluding hydrogens is 555 g/mol. The number of nitrogens with one attached hydrogen (secondary N) is 1. The summed E-state index contributed by atoms with van der Waals surface area (Å²) in [6, 6.07) is 10.7. The minimum Gasteiger partial charge on any atom is -0.497 e. The number of methoxy groups -OCH3 is 1. The summed E-state index contributed by atoms with van der Waals surface area (Å²) in [6.45, 7) is 3.11. The van der Waals surface area contributed by atoms with Gasteiger partial charge in [0.05, 0.1) is 29.3 Å². The first-order valence-electron chi connectivity index (χ1n) is 11.7. The number of aromatic nitrogens is 1. The molecule has 5 rings (SSSR count). The lowest BCUT2D eigenvalue weighted by atomic mass is 9.76. The quantitative estimate of drug-likeness (QED) is 0.448. The zero-order chi connectivity index (χ0) is 28.3. The van der Waals surface area contributed by atoms with Crippen LogP contribution in [0, 0.1) is 5.92 Å². The summed E-state index contributed by atoms with van der Waals surface area (Å²) in [4.78, 5) is 54.0. The number of hydrogen-bond donors (Lipinski definition) is 1. The third kappa shape index (κ3) is 4.63. The van der Waals surface area contributed by atoms with Crippen molar-refractivity contribution in [2.45, 2.75) is 42.3 Å². The molecule has 2 atom stereocenters. The average Bonchev–Trinajstić information content (AvgIpc) is 3.32. The van der Waals surface area contributed by atoms with Crippen LogP contribution in [-0.4, -0.2) is 34.6 Å². The number of nitrogens with zero attached hydrogens (tertiary/aromatic N) is 2. The Bertz CT molecular complexity index is 1550. The molecule has 0 radical (unpaired) electrons. The monoisotopic (exact) mass is 577 g/mol. The minimum atomic E-state index is -4.58. The molecule has 0 saturated carbocycles. The standard InChI is InChI=1S/C26H22F3N3O5S2/c1-25(2)18-19(22(35)32(21(18)34)15-7-9-16(37-3)10-8-15)38-23-20(25)39-24(36)31(23)12-17(33)30-14-6-4-5-13(11-14)26(27,28)29/h4-11,18-19H,12H2,1-3H3,(H,30,33). The Balaban J connectivity index is 1.43. The van der Waals surface area contributed by atoms with E-state index in [4.69, 9.17) is 4.74 Å². The van der Waals surface area contributed by atoms with E-state index in [1.54, 1.807) is 38.1 Å². The second-order valence-corrected chi connectivity index (χ2v) is 11.8. The van der Waals surface area contributed by atoms with Crippen LogP contribution >= 0.6 is 23.1 Å². The number of benzene rings is 2. The summed E-state index contributed by atoms with van der Waals surface area (Å²) < 4.78 is 45.5. The molecule has 1 N–H and O–H groups in total. The highest BCUT2D eigenvalue weighted by Crippen LogP contribution is 2.54. The van der Waals surface area contributed by atoms with E-state index in [9.17, 15) is 32.3 Å². The van der Waals surface area contributed by atoms with Gasteiger partial charge in [0.2, 0.25) is 17.7 Å². The van der Waals surface area contributed by atoms with Gasteiger partial charge in [0, 0.05) is 16.0 Å². The molecule has 13 heteroatoms. The second kappa shape index (κ2) is 9.56. The molecule has 2 aromatic carbocycles. The van der Waals surface area contributed by atoms with Gasteiger partial charge in [-0.25, -0.2) is 4.90 Å². The lowest BCUT2D eigenvalue weighted by Crippen LogP contribution is -2.41. The van der Waals surface area contributed by atoms with Gasteiger partial charge in [-0.05, 0) is 42.5 Å². The smallest absolute Gasteiger partial charge is 0.416 e. The van der Waals surface area contributed by atoms with Gasteiger partial charge in [0.25, 0.3) is 0 Å². The first-order valence-corrected chi connectivity index (χ1v) is 13.4. The summed E-state index contributed by atoms with van der Waals surface area (Å²) in [7, 11) is 1.51. The predicted octanol–water partition coefficient (Wildman–Crippen LogP) is 4.52. The Morgan fingerprint density at radius 3 is 2.41 bits per heavy atom. The number of hydrogen-bond acceptors (Lipinski definition) is 7. The van der Waals surface area contributed by atoms with Crippen LogP contribution in [0.3, 0.4) is 0 Å². The third-order valence-electron chi connectivity index (χ3n) is 6.81. The van der Waals surface area contributed by atoms with Crippen LogP contribution in [0.15, 0.2) is 58.4 Å². The second-order valence-electron chi connectivity index (χ2n) is 9.66. The van der Waals surface area contributed by atoms with Crippen LogP contribution in [0.5, 0.6) is 5.75 Å². The number of carbonyl (C=O) groups excluding carboxylic acids is 3. The number of anilines is 2. The van der Waals surface area contributed by atoms with E-state index < -0.39 is 51.6 Å². The van der Waals surface area contributed by atoms with E-state index in [0.29, 0.717) is 21.3 Å². The Morgan fingerprint density at radius 1 is 1.08 bits per heavy atom. The molecule has 1 saturated heterocycles. The van der Waals surface area contributed by atoms with Gasteiger partial charge in [-0.3, -0.25) is 23.7 Å². The number of fused-ring (bicyclic) bond motifs is 2. The van der Waals surface area contributed by atoms with Crippen LogP contribution in [0.4, 0.5) is 24.5 Å². The van der Waals surface area contributed by atoms with Crippen molar-refractivity contribution in [1.82, 2.24) is 4.57 Å². The molecular formula is C26H22F3N3O5S2. The van der Waals surface area contributed by atoms with Crippen molar-refractivity contribution in [3.8, 4) is 5.75 Å². The molecule has 2 aliphatic heterocycles. The number of rotatable bonds is 5. The number of halogens is 3. The number of ether oxygens (including phenoxy) is 1. The van der Waals surface area contributed by atoms with Crippen LogP contribution in [0.2, 0.25) is 0 Å². The fourth-order valence-electron chi connectivity index (χ4n) is 4.87. The molecule has 2 aliphatic rings. The molecule has 3 heterocycles. The van der Waals surface area contributed by atoms with E-state index in [0.717, 1.165) is 40.1 Å². The highest BCUT2D eigenvalue weighted by Gasteiger charge is 2.59. The highest BCUT2D eigenvalue weighted by atomic mass is 32.2. The van der Waals surface area contributed by atoms with Crippen molar-refractivity contribution >= 4 is 52.2 Å². The van der Waals surface area contributed by atoms with Gasteiger partial charge >= 0.3 is 11.0 Å². The highest BCUT2D eigenvalue weighted by molar-refractivity contribution is 8.00. The fraction of sp³-hybridized carbons (Fsp3) is 0.308. The number of carbonyl (C=O) groups is 3. The number of thioether (sulfide) groups is 1. The summed E-state index contributed by atoms with van der Waals surface area (Å²) in [5, 5.41) is 1.98. The van der Waals surface area contributed by atoms with Gasteiger partial charge in [-0.1, -0.05) is 43.0 Å². The first-order chi connectivity index (χ1) is 18.3. The largest absolute Gasteiger partial charge is 0.497 e. The predicted molar refractivity (Wildman–Crippen MR) is 140 cm³/mol. The Hall–Kier alpha value is -3.58. The topological polar surface area (TPSA) is 97.7 Å². The van der Waals surface area contributed by atoms with Crippen LogP contribution in [0.25, 0.3) is 0 Å². The molecule has 3 aromatic rings. The lowest BCUT2D eigenvalue weighted by molar-refractivity contribution is -0.137. The third-order valence-corrected chi connectivity index (χ3v) is 9.63. The van der Waals surface area contributed by atoms with Crippen molar-refractivity contribution < 1.29 is 32.3 Å². The SMILES string of the molecule is COc1ccc(N2C(=O)C3Sc4c(sc(=O)n4CC(=O)Nc4cccc(C(F)(F)F)c4)C(C)(C)C3C2=O)cc1. The van der Waals surface area contributed by atoms with E-state index in [1.807, 2.05) is 0 Å². The average molecular weight is 578 g/mol. The Morgan fingerprint density at radius 2 is 1.77 bits per heavy atom. The molecule has 204 valence electrons. The van der Waals surface area contributed by atoms with Crippen LogP contribution in [0.1, 0.15) is 24.3 Å². The van der Waals surface area contributed by atoms with E-state index in [2.05, 4.69) is 5.32 Å². The maximum atomic E-state index is 13.5. The number of thiazole rings is 1. The summed E-state index contributed by atoms with van der Waals surface area (Å²) in [6.07, 6.45) is -4.58. The summed E-state index contributed by atoms with van der Waals surface area (Å²) in [5.74, 6) is -1.69. The van der Waals surface area contributed by atoms with Gasteiger partial charge in [0.1, 0.15) is 17.5 Å². The molecule has 8 nitrogen and oxygen atoms in total. The zero-order valence-electron chi connectivity index (χ0n) is 20.9. The molecule has 1 fully saturated rings. The molecule has 0 aliphatic carbocycles. The summed E-state index contributed by atoms with van der Waals surface area (Å²) in [5.41, 5.74) is -1.48. The van der Waals surface area contributed by atoms with Crippen molar-refractivity contribution in [2.75, 3.05) is 17.3 Å². The fourth-order valence-corrected chi connectivity index (χ4v) is 7.91. The van der Waals surface area contributed by atoms with Crippen LogP contribution in [-0.2, 0) is 32.5 Å². The van der Waals surface area contributed by atoms with Crippen molar-refractivity contribution in [3.05, 3.63) is 68.6 Å². The first kappa shape index (κ1) is 27.0. The molecule has 2 unspecified atom stereocenters. The van der Waals surface area contributed by atoms with Crippen molar-refractivity contribution in [1.29, 1.82) is 0 Å². The minimum absolute atomic E-state index is 0.0632. The molecule has 1 aromatic heterocycles. The van der Waals surface area contributed by atoms with Gasteiger partial charge < -0.3 is 10.1 Å². The Labute approximate surface area is 228 Å². The van der Waals surface area contributed by atoms with E-state index in [-0.39, 0.29) is 11.6 Å². The van der Waals surface area contributed by atoms with Gasteiger partial charge in [-0.15, -0.1) is 0 Å². The van der Waals surface area contributed by atoms with Gasteiger partial charge in [0.15, 0.2) is 0 Å². The lowest BCUT2D eigenvalue weighted by Gasteiger charge is -2.36.